The number of esters is 1. The summed E-state index contributed by atoms with van der Waals surface area (Å²) in [7, 11) is 0. The maximum Gasteiger partial charge on any atom is 0.331 e. The van der Waals surface area contributed by atoms with Gasteiger partial charge < -0.3 is 4.74 Å². The zero-order chi connectivity index (χ0) is 20.9. The Balaban J connectivity index is 1.50. The van der Waals surface area contributed by atoms with Crippen molar-refractivity contribution in [2.24, 2.45) is 0 Å². The Kier molecular flexibility index (Phi) is 6.37. The molecule has 0 spiro atoms. The van der Waals surface area contributed by atoms with Gasteiger partial charge in [0.05, 0.1) is 19.2 Å². The molecule has 0 saturated carbocycles. The van der Waals surface area contributed by atoms with Crippen molar-refractivity contribution in [3.05, 3.63) is 86.5 Å². The number of rotatable bonds is 7. The van der Waals surface area contributed by atoms with Crippen molar-refractivity contribution in [3.8, 4) is 16.3 Å². The molecule has 0 aliphatic heterocycles. The molecule has 3 heterocycles. The molecule has 4 aromatic rings. The molecule has 4 rings (SSSR count). The van der Waals surface area contributed by atoms with Crippen LogP contribution < -0.4 is 0 Å². The van der Waals surface area contributed by atoms with Gasteiger partial charge in [0.25, 0.3) is 0 Å². The van der Waals surface area contributed by atoms with E-state index in [0.717, 1.165) is 25.6 Å². The maximum absolute atomic E-state index is 12.1. The number of nitrogens with zero attached hydrogens (tertiary/aromatic N) is 2. The Labute approximate surface area is 189 Å². The molecule has 0 radical (unpaired) electrons. The summed E-state index contributed by atoms with van der Waals surface area (Å²) in [5.74, 6) is -0.813. The van der Waals surface area contributed by atoms with Crippen LogP contribution in [0.4, 0.5) is 0 Å². The minimum Gasteiger partial charge on any atom is -0.454 e. The van der Waals surface area contributed by atoms with Crippen molar-refractivity contribution < 1.29 is 14.3 Å². The SMILES string of the molecule is O=C(C=Cc1cn(-c2ccccc2)nc1-c1cccs1)OCC(=O)c1ccc(Br)s1. The number of ether oxygens (including phenoxy) is 1. The molecule has 0 aliphatic carbocycles. The van der Waals surface area contributed by atoms with Gasteiger partial charge >= 0.3 is 5.97 Å². The van der Waals surface area contributed by atoms with Gasteiger partial charge in [0.2, 0.25) is 5.78 Å². The van der Waals surface area contributed by atoms with E-state index in [1.54, 1.807) is 34.2 Å². The largest absolute Gasteiger partial charge is 0.454 e. The van der Waals surface area contributed by atoms with Crippen LogP contribution in [0.25, 0.3) is 22.3 Å². The van der Waals surface area contributed by atoms with E-state index in [4.69, 9.17) is 4.74 Å². The number of aromatic nitrogens is 2. The number of benzene rings is 1. The lowest BCUT2D eigenvalue weighted by molar-refractivity contribution is -0.136. The van der Waals surface area contributed by atoms with Crippen LogP contribution >= 0.6 is 38.6 Å². The standard InChI is InChI=1S/C22H15BrN2O3S2/c23-20-10-9-18(30-20)17(26)14-28-21(27)11-8-15-13-25(16-5-2-1-3-6-16)24-22(15)19-7-4-12-29-19/h1-13H,14H2. The summed E-state index contributed by atoms with van der Waals surface area (Å²) in [6.45, 7) is -0.294. The third-order valence-corrected chi connectivity index (χ3v) is 6.65. The van der Waals surface area contributed by atoms with E-state index in [9.17, 15) is 9.59 Å². The fourth-order valence-electron chi connectivity index (χ4n) is 2.70. The minimum atomic E-state index is -0.580. The zero-order valence-electron chi connectivity index (χ0n) is 15.5. The van der Waals surface area contributed by atoms with E-state index in [2.05, 4.69) is 21.0 Å². The van der Waals surface area contributed by atoms with Gasteiger partial charge in [-0.2, -0.15) is 5.10 Å². The predicted octanol–water partition coefficient (Wildman–Crippen LogP) is 5.86. The van der Waals surface area contributed by atoms with Crippen molar-refractivity contribution in [2.75, 3.05) is 6.61 Å². The van der Waals surface area contributed by atoms with E-state index in [1.807, 2.05) is 54.0 Å². The first-order valence-electron chi connectivity index (χ1n) is 8.92. The number of para-hydroxylation sites is 1. The van der Waals surface area contributed by atoms with Crippen LogP contribution in [0.1, 0.15) is 15.2 Å². The van der Waals surface area contributed by atoms with Crippen molar-refractivity contribution in [1.29, 1.82) is 0 Å². The zero-order valence-corrected chi connectivity index (χ0v) is 18.7. The summed E-state index contributed by atoms with van der Waals surface area (Å²) in [5.41, 5.74) is 2.48. The summed E-state index contributed by atoms with van der Waals surface area (Å²) in [6.07, 6.45) is 4.85. The first-order chi connectivity index (χ1) is 14.6. The first-order valence-corrected chi connectivity index (χ1v) is 11.4. The lowest BCUT2D eigenvalue weighted by atomic mass is 10.2. The highest BCUT2D eigenvalue weighted by Gasteiger charge is 2.13. The number of hydrogen-bond donors (Lipinski definition) is 0. The molecule has 3 aromatic heterocycles. The van der Waals surface area contributed by atoms with Crippen LogP contribution in [0.2, 0.25) is 0 Å². The van der Waals surface area contributed by atoms with Crippen molar-refractivity contribution in [1.82, 2.24) is 9.78 Å². The van der Waals surface area contributed by atoms with E-state index in [-0.39, 0.29) is 12.4 Å². The quantitative estimate of drug-likeness (QED) is 0.182. The topological polar surface area (TPSA) is 61.2 Å². The number of carbonyl (C=O) groups excluding carboxylic acids is 2. The Bertz CT molecular complexity index is 1190. The molecule has 0 fully saturated rings. The summed E-state index contributed by atoms with van der Waals surface area (Å²) in [5, 5.41) is 6.66. The Morgan fingerprint density at radius 1 is 1.10 bits per heavy atom. The summed E-state index contributed by atoms with van der Waals surface area (Å²) < 4.78 is 7.73. The molecule has 0 N–H and O–H groups in total. The highest BCUT2D eigenvalue weighted by Crippen LogP contribution is 2.28. The van der Waals surface area contributed by atoms with Gasteiger partial charge in [0, 0.05) is 17.8 Å². The average molecular weight is 499 g/mol. The second-order valence-corrected chi connectivity index (χ2v) is 9.57. The molecule has 1 aromatic carbocycles. The van der Waals surface area contributed by atoms with E-state index >= 15 is 0 Å². The number of thiophene rings is 2. The predicted molar refractivity (Wildman–Crippen MR) is 123 cm³/mol. The normalized spacial score (nSPS) is 11.1. The lowest BCUT2D eigenvalue weighted by Crippen LogP contribution is -2.11. The Morgan fingerprint density at radius 3 is 2.63 bits per heavy atom. The smallest absolute Gasteiger partial charge is 0.331 e. The molecular formula is C22H15BrN2O3S2. The molecular weight excluding hydrogens is 484 g/mol. The second kappa shape index (κ2) is 9.34. The van der Waals surface area contributed by atoms with Crippen molar-refractivity contribution >= 4 is 56.4 Å². The van der Waals surface area contributed by atoms with Crippen LogP contribution in [0.15, 0.2) is 76.0 Å². The van der Waals surface area contributed by atoms with Gasteiger partial charge in [-0.1, -0.05) is 24.3 Å². The van der Waals surface area contributed by atoms with Gasteiger partial charge in [0.15, 0.2) is 6.61 Å². The molecule has 5 nitrogen and oxygen atoms in total. The number of hydrogen-bond acceptors (Lipinski definition) is 6. The van der Waals surface area contributed by atoms with Crippen LogP contribution in [0, 0.1) is 0 Å². The number of halogens is 1. The third kappa shape index (κ3) is 4.84. The number of carbonyl (C=O) groups is 2. The monoisotopic (exact) mass is 498 g/mol. The Hall–Kier alpha value is -2.81. The molecule has 0 amide bonds. The molecule has 30 heavy (non-hydrogen) atoms. The van der Waals surface area contributed by atoms with Gasteiger partial charge in [-0.05, 0) is 57.7 Å². The molecule has 0 bridgehead atoms. The fraction of sp³-hybridized carbons (Fsp3) is 0.0455. The van der Waals surface area contributed by atoms with Crippen LogP contribution in [0.3, 0.4) is 0 Å². The second-order valence-electron chi connectivity index (χ2n) is 6.16. The van der Waals surface area contributed by atoms with E-state index in [1.165, 1.54) is 17.4 Å². The summed E-state index contributed by atoms with van der Waals surface area (Å²) in [6, 6.07) is 17.2. The van der Waals surface area contributed by atoms with Crippen LogP contribution in [-0.4, -0.2) is 28.1 Å². The van der Waals surface area contributed by atoms with Gasteiger partial charge in [-0.3, -0.25) is 4.79 Å². The molecule has 0 saturated heterocycles. The summed E-state index contributed by atoms with van der Waals surface area (Å²) >= 11 is 6.19. The van der Waals surface area contributed by atoms with Gasteiger partial charge in [0.1, 0.15) is 5.69 Å². The van der Waals surface area contributed by atoms with Crippen LogP contribution in [-0.2, 0) is 9.53 Å². The van der Waals surface area contributed by atoms with Crippen LogP contribution in [0.5, 0.6) is 0 Å². The maximum atomic E-state index is 12.1. The minimum absolute atomic E-state index is 0.233. The van der Waals surface area contributed by atoms with Gasteiger partial charge in [-0.25, -0.2) is 9.48 Å². The number of ketones is 1. The highest BCUT2D eigenvalue weighted by atomic mass is 79.9. The highest BCUT2D eigenvalue weighted by molar-refractivity contribution is 9.11. The first kappa shape index (κ1) is 20.5. The average Bonchev–Trinajstić information content (AvgIpc) is 3.51. The van der Waals surface area contributed by atoms with Crippen molar-refractivity contribution in [2.45, 2.75) is 0 Å². The van der Waals surface area contributed by atoms with Gasteiger partial charge in [-0.15, -0.1) is 22.7 Å². The van der Waals surface area contributed by atoms with E-state index < -0.39 is 5.97 Å². The molecule has 8 heteroatoms. The summed E-state index contributed by atoms with van der Waals surface area (Å²) in [4.78, 5) is 25.8. The molecule has 0 atom stereocenters. The molecule has 0 unspecified atom stereocenters. The Morgan fingerprint density at radius 2 is 1.93 bits per heavy atom. The molecule has 0 aliphatic rings. The fourth-order valence-corrected chi connectivity index (χ4v) is 4.75. The molecule has 150 valence electrons. The third-order valence-electron chi connectivity index (χ3n) is 4.11. The van der Waals surface area contributed by atoms with E-state index in [0.29, 0.717) is 4.88 Å². The van der Waals surface area contributed by atoms with Crippen molar-refractivity contribution in [3.63, 3.8) is 0 Å². The lowest BCUT2D eigenvalue weighted by Gasteiger charge is -1.99. The number of Topliss-reactive ketones (excluding diaryl/α,β-unsaturated/α-hetero) is 1.